The summed E-state index contributed by atoms with van der Waals surface area (Å²) < 4.78 is 0. The normalized spacial score (nSPS) is 14.7. The van der Waals surface area contributed by atoms with E-state index in [1.807, 2.05) is 84.9 Å². The molecule has 180 valence electrons. The fraction of sp³-hybridized carbons (Fsp3) is 0.133. The van der Waals surface area contributed by atoms with Crippen molar-refractivity contribution < 1.29 is 0 Å². The Balaban J connectivity index is 1.18. The van der Waals surface area contributed by atoms with E-state index in [1.54, 1.807) is 0 Å². The van der Waals surface area contributed by atoms with Crippen LogP contribution in [0.15, 0.2) is 119 Å². The summed E-state index contributed by atoms with van der Waals surface area (Å²) in [4.78, 5) is 13.8. The average Bonchev–Trinajstić information content (AvgIpc) is 2.94. The van der Waals surface area contributed by atoms with E-state index in [-0.39, 0.29) is 0 Å². The average molecular weight is 475 g/mol. The van der Waals surface area contributed by atoms with Crippen molar-refractivity contribution >= 4 is 34.4 Å². The quantitative estimate of drug-likeness (QED) is 0.301. The number of amidine groups is 2. The second-order valence-electron chi connectivity index (χ2n) is 8.73. The van der Waals surface area contributed by atoms with Crippen LogP contribution >= 0.6 is 0 Å². The van der Waals surface area contributed by atoms with Gasteiger partial charge in [0.15, 0.2) is 0 Å². The fourth-order valence-electron chi connectivity index (χ4n) is 4.32. The maximum absolute atomic E-state index is 6.22. The van der Waals surface area contributed by atoms with Gasteiger partial charge in [0.2, 0.25) is 0 Å². The minimum Gasteiger partial charge on any atom is -0.383 e. The van der Waals surface area contributed by atoms with Crippen LogP contribution in [-0.2, 0) is 0 Å². The first kappa shape index (κ1) is 23.2. The van der Waals surface area contributed by atoms with Crippen molar-refractivity contribution in [3.63, 3.8) is 0 Å². The number of hydrogen-bond acceptors (Lipinski definition) is 4. The molecular formula is C30H30N6. The summed E-state index contributed by atoms with van der Waals surface area (Å²) >= 11 is 0. The maximum Gasteiger partial charge on any atom is 0.131 e. The lowest BCUT2D eigenvalue weighted by Gasteiger charge is -2.37. The van der Waals surface area contributed by atoms with Gasteiger partial charge in [-0.25, -0.2) is 9.98 Å². The van der Waals surface area contributed by atoms with Crippen molar-refractivity contribution in [1.82, 2.24) is 0 Å². The van der Waals surface area contributed by atoms with Gasteiger partial charge < -0.3 is 21.3 Å². The molecule has 6 nitrogen and oxygen atoms in total. The number of hydrogen-bond donors (Lipinski definition) is 2. The van der Waals surface area contributed by atoms with Gasteiger partial charge in [-0.05, 0) is 72.8 Å². The molecule has 0 aliphatic carbocycles. The first-order valence-electron chi connectivity index (χ1n) is 12.1. The second kappa shape index (κ2) is 10.8. The lowest BCUT2D eigenvalue weighted by Crippen LogP contribution is -2.46. The van der Waals surface area contributed by atoms with Crippen molar-refractivity contribution in [2.75, 3.05) is 36.0 Å². The smallest absolute Gasteiger partial charge is 0.131 e. The Morgan fingerprint density at radius 2 is 0.806 bits per heavy atom. The number of anilines is 2. The van der Waals surface area contributed by atoms with Gasteiger partial charge in [0, 0.05) is 48.7 Å². The molecule has 0 unspecified atom stereocenters. The molecule has 36 heavy (non-hydrogen) atoms. The van der Waals surface area contributed by atoms with Gasteiger partial charge in [0.1, 0.15) is 11.7 Å². The Bertz CT molecular complexity index is 1220. The SMILES string of the molecule is NC(=Nc1ccccc1)c1ccc(N2CCN(c3ccc(C(N)=Nc4ccccc4)cc3)CC2)cc1. The zero-order valence-electron chi connectivity index (χ0n) is 20.2. The zero-order chi connectivity index (χ0) is 24.7. The van der Waals surface area contributed by atoms with E-state index in [2.05, 4.69) is 44.1 Å². The lowest BCUT2D eigenvalue weighted by atomic mass is 10.1. The summed E-state index contributed by atoms with van der Waals surface area (Å²) in [6, 6.07) is 36.2. The van der Waals surface area contributed by atoms with Gasteiger partial charge in [0.25, 0.3) is 0 Å². The number of para-hydroxylation sites is 2. The van der Waals surface area contributed by atoms with Crippen molar-refractivity contribution in [2.45, 2.75) is 0 Å². The Kier molecular flexibility index (Phi) is 6.94. The molecule has 1 aliphatic heterocycles. The minimum atomic E-state index is 0.524. The van der Waals surface area contributed by atoms with Crippen molar-refractivity contribution in [1.29, 1.82) is 0 Å². The van der Waals surface area contributed by atoms with Gasteiger partial charge >= 0.3 is 0 Å². The van der Waals surface area contributed by atoms with Crippen molar-refractivity contribution in [3.8, 4) is 0 Å². The number of rotatable bonds is 6. The van der Waals surface area contributed by atoms with E-state index in [0.29, 0.717) is 11.7 Å². The minimum absolute atomic E-state index is 0.524. The van der Waals surface area contributed by atoms with Gasteiger partial charge in [-0.1, -0.05) is 36.4 Å². The van der Waals surface area contributed by atoms with E-state index in [4.69, 9.17) is 11.5 Å². The highest BCUT2D eigenvalue weighted by Crippen LogP contribution is 2.22. The molecule has 1 heterocycles. The highest BCUT2D eigenvalue weighted by atomic mass is 15.3. The molecule has 4 N–H and O–H groups in total. The molecule has 4 aromatic carbocycles. The number of nitrogens with zero attached hydrogens (tertiary/aromatic N) is 4. The molecule has 1 aliphatic rings. The first-order chi connectivity index (χ1) is 17.7. The van der Waals surface area contributed by atoms with Gasteiger partial charge in [0.05, 0.1) is 11.4 Å². The molecule has 1 fully saturated rings. The van der Waals surface area contributed by atoms with Crippen LogP contribution in [0, 0.1) is 0 Å². The van der Waals surface area contributed by atoms with Crippen LogP contribution in [0.2, 0.25) is 0 Å². The fourth-order valence-corrected chi connectivity index (χ4v) is 4.32. The van der Waals surface area contributed by atoms with Crippen molar-refractivity contribution in [3.05, 3.63) is 120 Å². The van der Waals surface area contributed by atoms with Crippen LogP contribution < -0.4 is 21.3 Å². The molecule has 6 heteroatoms. The Labute approximate surface area is 212 Å². The highest BCUT2D eigenvalue weighted by Gasteiger charge is 2.18. The van der Waals surface area contributed by atoms with Crippen LogP contribution in [-0.4, -0.2) is 37.9 Å². The van der Waals surface area contributed by atoms with E-state index < -0.39 is 0 Å². The largest absolute Gasteiger partial charge is 0.383 e. The standard InChI is InChI=1S/C30H30N6/c31-29(33-25-7-3-1-4-8-25)23-11-15-27(16-12-23)35-19-21-36(22-20-35)28-17-13-24(14-18-28)30(32)34-26-9-5-2-6-10-26/h1-18H,19-22H2,(H2,31,33)(H2,32,34). The summed E-state index contributed by atoms with van der Waals surface area (Å²) in [6.07, 6.45) is 0. The highest BCUT2D eigenvalue weighted by molar-refractivity contribution is 6.00. The second-order valence-corrected chi connectivity index (χ2v) is 8.73. The molecule has 0 spiro atoms. The van der Waals surface area contributed by atoms with E-state index in [1.165, 1.54) is 11.4 Å². The van der Waals surface area contributed by atoms with Gasteiger partial charge in [-0.2, -0.15) is 0 Å². The molecule has 1 saturated heterocycles. The first-order valence-corrected chi connectivity index (χ1v) is 12.1. The Morgan fingerprint density at radius 3 is 1.14 bits per heavy atom. The third-order valence-electron chi connectivity index (χ3n) is 6.35. The Morgan fingerprint density at radius 1 is 0.472 bits per heavy atom. The Hall–Kier alpha value is -4.58. The maximum atomic E-state index is 6.22. The van der Waals surface area contributed by atoms with E-state index in [0.717, 1.165) is 48.7 Å². The molecule has 0 amide bonds. The summed E-state index contributed by atoms with van der Waals surface area (Å²) in [5, 5.41) is 0. The number of piperazine rings is 1. The van der Waals surface area contributed by atoms with Gasteiger partial charge in [-0.3, -0.25) is 0 Å². The zero-order valence-corrected chi connectivity index (χ0v) is 20.2. The third kappa shape index (κ3) is 5.55. The summed E-state index contributed by atoms with van der Waals surface area (Å²) in [7, 11) is 0. The molecule has 0 aromatic heterocycles. The predicted molar refractivity (Wildman–Crippen MR) is 151 cm³/mol. The molecule has 0 atom stereocenters. The van der Waals surface area contributed by atoms with Crippen LogP contribution in [0.5, 0.6) is 0 Å². The molecule has 4 aromatic rings. The summed E-state index contributed by atoms with van der Waals surface area (Å²) in [6.45, 7) is 3.80. The number of benzene rings is 4. The molecule has 0 bridgehead atoms. The lowest BCUT2D eigenvalue weighted by molar-refractivity contribution is 0.653. The van der Waals surface area contributed by atoms with Crippen molar-refractivity contribution in [2.24, 2.45) is 21.5 Å². The molecule has 0 radical (unpaired) electrons. The topological polar surface area (TPSA) is 83.2 Å². The van der Waals surface area contributed by atoms with E-state index >= 15 is 0 Å². The number of aliphatic imine (C=N–C) groups is 2. The molecular weight excluding hydrogens is 444 g/mol. The van der Waals surface area contributed by atoms with Crippen LogP contribution in [0.4, 0.5) is 22.7 Å². The van der Waals surface area contributed by atoms with Crippen LogP contribution in [0.25, 0.3) is 0 Å². The third-order valence-corrected chi connectivity index (χ3v) is 6.35. The van der Waals surface area contributed by atoms with Crippen LogP contribution in [0.3, 0.4) is 0 Å². The summed E-state index contributed by atoms with van der Waals surface area (Å²) in [5.41, 5.74) is 18.4. The number of nitrogens with two attached hydrogens (primary N) is 2. The monoisotopic (exact) mass is 474 g/mol. The molecule has 0 saturated carbocycles. The van der Waals surface area contributed by atoms with Crippen LogP contribution in [0.1, 0.15) is 11.1 Å². The summed E-state index contributed by atoms with van der Waals surface area (Å²) in [5.74, 6) is 1.05. The predicted octanol–water partition coefficient (Wildman–Crippen LogP) is 5.09. The molecule has 5 rings (SSSR count). The van der Waals surface area contributed by atoms with Gasteiger partial charge in [-0.15, -0.1) is 0 Å². The van der Waals surface area contributed by atoms with E-state index in [9.17, 15) is 0 Å².